The Morgan fingerprint density at radius 2 is 1.68 bits per heavy atom. The van der Waals surface area contributed by atoms with Gasteiger partial charge in [-0.25, -0.2) is 8.42 Å². The third kappa shape index (κ3) is 6.05. The number of nitrogens with one attached hydrogen (secondary N) is 1. The second kappa shape index (κ2) is 11.5. The van der Waals surface area contributed by atoms with Gasteiger partial charge in [0, 0.05) is 36.1 Å². The van der Waals surface area contributed by atoms with E-state index in [1.54, 1.807) is 24.3 Å². The number of hydrogen-bond donors (Lipinski definition) is 1. The van der Waals surface area contributed by atoms with Crippen LogP contribution in [-0.4, -0.2) is 46.0 Å². The van der Waals surface area contributed by atoms with Crippen LogP contribution < -0.4 is 19.3 Å². The first-order valence-electron chi connectivity index (χ1n) is 12.3. The van der Waals surface area contributed by atoms with Crippen molar-refractivity contribution in [3.8, 4) is 5.75 Å². The molecule has 1 amide bonds. The molecule has 0 atom stereocenters. The molecule has 1 N–H and O–H groups in total. The topological polar surface area (TPSA) is 122 Å². The maximum absolute atomic E-state index is 13.7. The van der Waals surface area contributed by atoms with E-state index in [0.717, 1.165) is 42.0 Å². The second-order valence-corrected chi connectivity index (χ2v) is 10.9. The standard InChI is InChI=1S/C27H30N4O6S/c1-20-6-15-25(18-26(20)31(33)34)38(35,36)30(23-11-13-24(37-2)14-12-23)19-27(32)28-21-7-9-22(10-8-21)29-16-4-3-5-17-29/h6-15,18H,3-5,16-17,19H2,1-2H3,(H,28,32). The number of methoxy groups -OCH3 is 1. The number of anilines is 3. The number of hydrogen-bond acceptors (Lipinski definition) is 7. The molecule has 0 spiro atoms. The van der Waals surface area contributed by atoms with Crippen molar-refractivity contribution in [2.75, 3.05) is 41.3 Å². The van der Waals surface area contributed by atoms with Crippen LogP contribution in [0.25, 0.3) is 0 Å². The molecule has 1 fully saturated rings. The number of rotatable bonds is 9. The minimum absolute atomic E-state index is 0.213. The van der Waals surface area contributed by atoms with E-state index in [-0.39, 0.29) is 16.3 Å². The van der Waals surface area contributed by atoms with Gasteiger partial charge >= 0.3 is 0 Å². The van der Waals surface area contributed by atoms with Crippen LogP contribution in [0, 0.1) is 17.0 Å². The Morgan fingerprint density at radius 1 is 1.03 bits per heavy atom. The molecule has 0 bridgehead atoms. The summed E-state index contributed by atoms with van der Waals surface area (Å²) >= 11 is 0. The molecule has 0 aromatic heterocycles. The van der Waals surface area contributed by atoms with Gasteiger partial charge in [0.05, 0.1) is 22.6 Å². The molecule has 4 rings (SSSR count). The van der Waals surface area contributed by atoms with Crippen LogP contribution in [0.2, 0.25) is 0 Å². The van der Waals surface area contributed by atoms with Crippen molar-refractivity contribution in [1.82, 2.24) is 0 Å². The lowest BCUT2D eigenvalue weighted by molar-refractivity contribution is -0.385. The average Bonchev–Trinajstić information content (AvgIpc) is 2.92. The molecular weight excluding hydrogens is 508 g/mol. The van der Waals surface area contributed by atoms with Gasteiger partial charge in [0.1, 0.15) is 12.3 Å². The first-order valence-corrected chi connectivity index (χ1v) is 13.7. The fourth-order valence-corrected chi connectivity index (χ4v) is 5.82. The highest BCUT2D eigenvalue weighted by atomic mass is 32.2. The SMILES string of the molecule is COc1ccc(N(CC(=O)Nc2ccc(N3CCCCC3)cc2)S(=O)(=O)c2ccc(C)c([N+](=O)[O-])c2)cc1. The maximum Gasteiger partial charge on any atom is 0.273 e. The van der Waals surface area contributed by atoms with E-state index in [9.17, 15) is 23.3 Å². The molecule has 1 aliphatic rings. The minimum atomic E-state index is -4.33. The van der Waals surface area contributed by atoms with Crippen LogP contribution in [0.4, 0.5) is 22.7 Å². The molecule has 0 aliphatic carbocycles. The smallest absolute Gasteiger partial charge is 0.273 e. The molecular formula is C27H30N4O6S. The molecule has 1 heterocycles. The summed E-state index contributed by atoms with van der Waals surface area (Å²) in [6, 6.07) is 17.3. The molecule has 0 unspecified atom stereocenters. The first-order chi connectivity index (χ1) is 18.2. The van der Waals surface area contributed by atoms with E-state index in [0.29, 0.717) is 17.0 Å². The summed E-state index contributed by atoms with van der Waals surface area (Å²) < 4.78 is 33.4. The third-order valence-electron chi connectivity index (χ3n) is 6.49. The molecule has 3 aromatic carbocycles. The van der Waals surface area contributed by atoms with Crippen LogP contribution in [0.5, 0.6) is 5.75 Å². The monoisotopic (exact) mass is 538 g/mol. The van der Waals surface area contributed by atoms with Gasteiger partial charge in [0.25, 0.3) is 15.7 Å². The van der Waals surface area contributed by atoms with E-state index in [1.807, 2.05) is 12.1 Å². The number of nitro groups is 1. The lowest BCUT2D eigenvalue weighted by Gasteiger charge is -2.29. The quantitative estimate of drug-likeness (QED) is 0.309. The van der Waals surface area contributed by atoms with Crippen molar-refractivity contribution in [3.63, 3.8) is 0 Å². The Hall–Kier alpha value is -4.12. The molecule has 11 heteroatoms. The second-order valence-electron chi connectivity index (χ2n) is 9.06. The van der Waals surface area contributed by atoms with E-state index >= 15 is 0 Å². The molecule has 200 valence electrons. The zero-order valence-electron chi connectivity index (χ0n) is 21.3. The zero-order valence-corrected chi connectivity index (χ0v) is 22.1. The van der Waals surface area contributed by atoms with E-state index in [2.05, 4.69) is 10.2 Å². The summed E-state index contributed by atoms with van der Waals surface area (Å²) in [5, 5.41) is 14.2. The van der Waals surface area contributed by atoms with Crippen molar-refractivity contribution in [3.05, 3.63) is 82.4 Å². The summed E-state index contributed by atoms with van der Waals surface area (Å²) in [6.45, 7) is 2.99. The summed E-state index contributed by atoms with van der Waals surface area (Å²) in [5.74, 6) is -0.0490. The summed E-state index contributed by atoms with van der Waals surface area (Å²) in [4.78, 5) is 25.9. The van der Waals surface area contributed by atoms with Gasteiger partial charge in [-0.3, -0.25) is 19.2 Å². The van der Waals surface area contributed by atoms with E-state index < -0.39 is 27.4 Å². The normalized spacial score (nSPS) is 13.6. The average molecular weight is 539 g/mol. The number of aryl methyl sites for hydroxylation is 1. The predicted octanol–water partition coefficient (Wildman–Crippen LogP) is 4.74. The third-order valence-corrected chi connectivity index (χ3v) is 8.26. The summed E-state index contributed by atoms with van der Waals surface area (Å²) in [7, 11) is -2.85. The van der Waals surface area contributed by atoms with Crippen molar-refractivity contribution < 1.29 is 22.9 Å². The summed E-state index contributed by atoms with van der Waals surface area (Å²) in [5.41, 5.74) is 1.83. The first kappa shape index (κ1) is 26.9. The number of ether oxygens (including phenoxy) is 1. The molecule has 10 nitrogen and oxygen atoms in total. The highest BCUT2D eigenvalue weighted by Gasteiger charge is 2.29. The Morgan fingerprint density at radius 3 is 2.29 bits per heavy atom. The van der Waals surface area contributed by atoms with Crippen molar-refractivity contribution in [2.45, 2.75) is 31.1 Å². The van der Waals surface area contributed by atoms with Crippen LogP contribution in [0.3, 0.4) is 0 Å². The number of piperidine rings is 1. The van der Waals surface area contributed by atoms with Crippen molar-refractivity contribution in [1.29, 1.82) is 0 Å². The summed E-state index contributed by atoms with van der Waals surface area (Å²) in [6.07, 6.45) is 3.53. The number of nitrogens with zero attached hydrogens (tertiary/aromatic N) is 3. The predicted molar refractivity (Wildman–Crippen MR) is 146 cm³/mol. The van der Waals surface area contributed by atoms with Crippen molar-refractivity contribution in [2.24, 2.45) is 0 Å². The van der Waals surface area contributed by atoms with Crippen LogP contribution >= 0.6 is 0 Å². The number of benzene rings is 3. The Balaban J connectivity index is 1.59. The van der Waals surface area contributed by atoms with Crippen LogP contribution in [0.1, 0.15) is 24.8 Å². The van der Waals surface area contributed by atoms with E-state index in [4.69, 9.17) is 4.74 Å². The van der Waals surface area contributed by atoms with Crippen molar-refractivity contribution >= 4 is 38.7 Å². The van der Waals surface area contributed by atoms with Gasteiger partial charge in [-0.2, -0.15) is 0 Å². The Kier molecular flexibility index (Phi) is 8.16. The largest absolute Gasteiger partial charge is 0.497 e. The van der Waals surface area contributed by atoms with Gasteiger partial charge in [0.15, 0.2) is 0 Å². The number of sulfonamides is 1. The minimum Gasteiger partial charge on any atom is -0.497 e. The van der Waals surface area contributed by atoms with Gasteiger partial charge in [-0.1, -0.05) is 6.07 Å². The van der Waals surface area contributed by atoms with Gasteiger partial charge < -0.3 is 15.0 Å². The molecule has 0 radical (unpaired) electrons. The van der Waals surface area contributed by atoms with E-state index in [1.165, 1.54) is 44.7 Å². The zero-order chi connectivity index (χ0) is 27.3. The van der Waals surface area contributed by atoms with Gasteiger partial charge in [-0.15, -0.1) is 0 Å². The number of nitro benzene ring substituents is 1. The van der Waals surface area contributed by atoms with Gasteiger partial charge in [0.2, 0.25) is 5.91 Å². The molecule has 3 aromatic rings. The van der Waals surface area contributed by atoms with Gasteiger partial charge in [-0.05, 0) is 80.8 Å². The Bertz CT molecular complexity index is 1400. The molecule has 1 aliphatic heterocycles. The number of amides is 1. The van der Waals surface area contributed by atoms with Crippen LogP contribution in [0.15, 0.2) is 71.6 Å². The lowest BCUT2D eigenvalue weighted by Crippen LogP contribution is -2.38. The Labute approximate surface area is 222 Å². The highest BCUT2D eigenvalue weighted by Crippen LogP contribution is 2.29. The lowest BCUT2D eigenvalue weighted by atomic mass is 10.1. The fourth-order valence-electron chi connectivity index (χ4n) is 4.38. The number of carbonyl (C=O) groups excluding carboxylic acids is 1. The maximum atomic E-state index is 13.7. The molecule has 0 saturated carbocycles. The molecule has 1 saturated heterocycles. The number of carbonyl (C=O) groups is 1. The van der Waals surface area contributed by atoms with Crippen LogP contribution in [-0.2, 0) is 14.8 Å². The molecule has 38 heavy (non-hydrogen) atoms. The highest BCUT2D eigenvalue weighted by molar-refractivity contribution is 7.92. The fraction of sp³-hybridized carbons (Fsp3) is 0.296.